The summed E-state index contributed by atoms with van der Waals surface area (Å²) in [6.45, 7) is 5.37. The Morgan fingerprint density at radius 2 is 1.92 bits per heavy atom. The molecular weight excluding hydrogens is 333 g/mol. The summed E-state index contributed by atoms with van der Waals surface area (Å²) in [6, 6.07) is 4.23. The molecule has 1 aliphatic carbocycles. The topological polar surface area (TPSA) is 66.6 Å². The molecular formula is C18H23F3N2O2. The Labute approximate surface area is 145 Å². The van der Waals surface area contributed by atoms with E-state index in [2.05, 4.69) is 0 Å². The van der Waals surface area contributed by atoms with Crippen LogP contribution < -0.4 is 5.73 Å². The van der Waals surface area contributed by atoms with Gasteiger partial charge in [0.2, 0.25) is 0 Å². The molecule has 1 amide bonds. The van der Waals surface area contributed by atoms with Crippen LogP contribution in [0.5, 0.6) is 0 Å². The Morgan fingerprint density at radius 1 is 1.28 bits per heavy atom. The molecule has 0 radical (unpaired) electrons. The van der Waals surface area contributed by atoms with Gasteiger partial charge < -0.3 is 10.8 Å². The summed E-state index contributed by atoms with van der Waals surface area (Å²) in [7, 11) is 0. The van der Waals surface area contributed by atoms with Crippen molar-refractivity contribution < 1.29 is 23.1 Å². The van der Waals surface area contributed by atoms with E-state index in [-0.39, 0.29) is 0 Å². The lowest BCUT2D eigenvalue weighted by atomic mass is 9.84. The molecule has 138 valence electrons. The van der Waals surface area contributed by atoms with Crippen molar-refractivity contribution in [2.24, 2.45) is 5.73 Å². The van der Waals surface area contributed by atoms with Gasteiger partial charge >= 0.3 is 12.3 Å². The fourth-order valence-corrected chi connectivity index (χ4v) is 3.27. The maximum absolute atomic E-state index is 12.9. The number of nitrogens with zero attached hydrogens (tertiary/aromatic N) is 1. The van der Waals surface area contributed by atoms with Crippen LogP contribution in [0.25, 0.3) is 5.57 Å². The summed E-state index contributed by atoms with van der Waals surface area (Å²) in [5, 5.41) is 9.51. The molecule has 0 fully saturated rings. The maximum Gasteiger partial charge on any atom is 0.416 e. The Morgan fingerprint density at radius 3 is 2.40 bits per heavy atom. The standard InChI is InChI=1S/C18H23F3N2O2/c1-17(2,3)23(16(24)25)15-8-7-12(10-14(15)22)11-5-4-6-13(9-11)18(19,20)21/h4-7,9,14-15H,8,10,22H2,1-3H3,(H,24,25)/t14-,15-/m0/s1. The third-order valence-electron chi connectivity index (χ3n) is 4.38. The average Bonchev–Trinajstić information content (AvgIpc) is 2.46. The summed E-state index contributed by atoms with van der Waals surface area (Å²) in [5.41, 5.74) is 6.07. The van der Waals surface area contributed by atoms with Crippen LogP contribution in [-0.4, -0.2) is 33.7 Å². The van der Waals surface area contributed by atoms with Gasteiger partial charge in [-0.05, 0) is 56.9 Å². The van der Waals surface area contributed by atoms with Crippen molar-refractivity contribution in [2.45, 2.75) is 57.4 Å². The SMILES string of the molecule is CC(C)(C)N(C(=O)O)[C@H]1CC=C(c2cccc(C(F)(F)F)c2)C[C@@H]1N. The van der Waals surface area contributed by atoms with E-state index in [0.717, 1.165) is 12.1 Å². The highest BCUT2D eigenvalue weighted by atomic mass is 19.4. The smallest absolute Gasteiger partial charge is 0.416 e. The van der Waals surface area contributed by atoms with E-state index in [9.17, 15) is 23.1 Å². The fourth-order valence-electron chi connectivity index (χ4n) is 3.27. The van der Waals surface area contributed by atoms with Gasteiger partial charge in [0.1, 0.15) is 0 Å². The summed E-state index contributed by atoms with van der Waals surface area (Å²) in [5.74, 6) is 0. The minimum absolute atomic E-state index is 0.325. The lowest BCUT2D eigenvalue weighted by Crippen LogP contribution is -2.58. The van der Waals surface area contributed by atoms with Gasteiger partial charge in [-0.25, -0.2) is 4.79 Å². The van der Waals surface area contributed by atoms with Gasteiger partial charge in [0, 0.05) is 11.6 Å². The van der Waals surface area contributed by atoms with E-state index in [1.807, 2.05) is 0 Å². The Balaban J connectivity index is 2.29. The number of carbonyl (C=O) groups is 1. The van der Waals surface area contributed by atoms with Crippen molar-refractivity contribution in [1.29, 1.82) is 0 Å². The van der Waals surface area contributed by atoms with E-state index < -0.39 is 35.5 Å². The van der Waals surface area contributed by atoms with Gasteiger partial charge in [-0.2, -0.15) is 13.2 Å². The van der Waals surface area contributed by atoms with Crippen LogP contribution in [0.3, 0.4) is 0 Å². The van der Waals surface area contributed by atoms with Crippen LogP contribution >= 0.6 is 0 Å². The maximum atomic E-state index is 12.9. The van der Waals surface area contributed by atoms with Crippen molar-refractivity contribution in [3.8, 4) is 0 Å². The van der Waals surface area contributed by atoms with E-state index in [4.69, 9.17) is 5.73 Å². The van der Waals surface area contributed by atoms with Crippen molar-refractivity contribution in [3.05, 3.63) is 41.5 Å². The first-order valence-corrected chi connectivity index (χ1v) is 8.06. The zero-order valence-electron chi connectivity index (χ0n) is 14.5. The zero-order chi connectivity index (χ0) is 19.0. The molecule has 0 spiro atoms. The molecule has 2 rings (SSSR count). The minimum atomic E-state index is -4.40. The second-order valence-electron chi connectivity index (χ2n) is 7.30. The number of hydrogen-bond donors (Lipinski definition) is 2. The van der Waals surface area contributed by atoms with Crippen LogP contribution in [0.1, 0.15) is 44.7 Å². The number of benzene rings is 1. The minimum Gasteiger partial charge on any atom is -0.465 e. The molecule has 0 unspecified atom stereocenters. The quantitative estimate of drug-likeness (QED) is 0.827. The van der Waals surface area contributed by atoms with Crippen LogP contribution in [0.2, 0.25) is 0 Å². The summed E-state index contributed by atoms with van der Waals surface area (Å²) >= 11 is 0. The number of hydrogen-bond acceptors (Lipinski definition) is 2. The average molecular weight is 356 g/mol. The Bertz CT molecular complexity index is 678. The third-order valence-corrected chi connectivity index (χ3v) is 4.38. The van der Waals surface area contributed by atoms with Gasteiger partial charge in [-0.15, -0.1) is 0 Å². The molecule has 4 nitrogen and oxygen atoms in total. The van der Waals surface area contributed by atoms with E-state index >= 15 is 0 Å². The summed E-state index contributed by atoms with van der Waals surface area (Å²) < 4.78 is 38.7. The zero-order valence-corrected chi connectivity index (χ0v) is 14.5. The van der Waals surface area contributed by atoms with Crippen LogP contribution in [0, 0.1) is 0 Å². The first-order chi connectivity index (χ1) is 11.4. The highest BCUT2D eigenvalue weighted by Crippen LogP contribution is 2.35. The van der Waals surface area contributed by atoms with Crippen molar-refractivity contribution in [3.63, 3.8) is 0 Å². The second-order valence-corrected chi connectivity index (χ2v) is 7.30. The molecule has 0 heterocycles. The summed E-state index contributed by atoms with van der Waals surface area (Å²) in [6.07, 6.45) is -2.96. The molecule has 1 aromatic carbocycles. The molecule has 0 saturated heterocycles. The van der Waals surface area contributed by atoms with Crippen molar-refractivity contribution >= 4 is 11.7 Å². The van der Waals surface area contributed by atoms with Crippen molar-refractivity contribution in [2.75, 3.05) is 0 Å². The van der Waals surface area contributed by atoms with Crippen LogP contribution in [0.15, 0.2) is 30.3 Å². The van der Waals surface area contributed by atoms with Crippen LogP contribution in [-0.2, 0) is 6.18 Å². The first kappa shape index (κ1) is 19.3. The van der Waals surface area contributed by atoms with Gasteiger partial charge in [0.15, 0.2) is 0 Å². The normalized spacial score (nSPS) is 21.6. The number of carboxylic acid groups (broad SMARTS) is 1. The largest absolute Gasteiger partial charge is 0.465 e. The molecule has 0 aromatic heterocycles. The molecule has 3 N–H and O–H groups in total. The number of alkyl halides is 3. The van der Waals surface area contributed by atoms with Crippen LogP contribution in [0.4, 0.5) is 18.0 Å². The van der Waals surface area contributed by atoms with E-state index in [1.165, 1.54) is 11.0 Å². The number of nitrogens with two attached hydrogens (primary N) is 1. The fraction of sp³-hybridized carbons (Fsp3) is 0.500. The van der Waals surface area contributed by atoms with Crippen molar-refractivity contribution in [1.82, 2.24) is 4.90 Å². The number of halogens is 3. The number of rotatable bonds is 2. The molecule has 2 atom stereocenters. The predicted octanol–water partition coefficient (Wildman–Crippen LogP) is 4.36. The Kier molecular flexibility index (Phi) is 5.18. The summed E-state index contributed by atoms with van der Waals surface area (Å²) in [4.78, 5) is 13.0. The van der Waals surface area contributed by atoms with Gasteiger partial charge in [-0.3, -0.25) is 4.90 Å². The first-order valence-electron chi connectivity index (χ1n) is 8.06. The highest BCUT2D eigenvalue weighted by Gasteiger charge is 2.38. The molecule has 0 saturated carbocycles. The van der Waals surface area contributed by atoms with Gasteiger partial charge in [0.25, 0.3) is 0 Å². The monoisotopic (exact) mass is 356 g/mol. The van der Waals surface area contributed by atoms with E-state index in [0.29, 0.717) is 24.0 Å². The third kappa shape index (κ3) is 4.34. The molecule has 1 aromatic rings. The molecule has 0 aliphatic heterocycles. The van der Waals surface area contributed by atoms with Gasteiger partial charge in [0.05, 0.1) is 11.6 Å². The highest BCUT2D eigenvalue weighted by molar-refractivity contribution is 5.70. The number of amides is 1. The molecule has 7 heteroatoms. The lowest BCUT2D eigenvalue weighted by Gasteiger charge is -2.43. The predicted molar refractivity (Wildman–Crippen MR) is 90.0 cm³/mol. The molecule has 1 aliphatic rings. The second kappa shape index (κ2) is 6.71. The van der Waals surface area contributed by atoms with Gasteiger partial charge in [-0.1, -0.05) is 18.2 Å². The van der Waals surface area contributed by atoms with E-state index in [1.54, 1.807) is 32.9 Å². The molecule has 0 bridgehead atoms. The Hall–Kier alpha value is -2.02. The molecule has 25 heavy (non-hydrogen) atoms. The lowest BCUT2D eigenvalue weighted by molar-refractivity contribution is -0.137.